The van der Waals surface area contributed by atoms with Crippen LogP contribution in [0.15, 0.2) is 36.4 Å². The maximum Gasteiger partial charge on any atom is 0.162 e. The highest BCUT2D eigenvalue weighted by Gasteiger charge is 2.22. The Morgan fingerprint density at radius 2 is 1.93 bits per heavy atom. The normalized spacial score (nSPS) is 17.2. The Morgan fingerprint density at radius 1 is 1.14 bits per heavy atom. The van der Waals surface area contributed by atoms with Gasteiger partial charge in [0.25, 0.3) is 0 Å². The summed E-state index contributed by atoms with van der Waals surface area (Å²) in [5.41, 5.74) is 2.91. The molecule has 150 valence electrons. The molecule has 0 bridgehead atoms. The Morgan fingerprint density at radius 3 is 2.72 bits per heavy atom. The smallest absolute Gasteiger partial charge is 0.162 e. The van der Waals surface area contributed by atoms with Crippen LogP contribution in [0.5, 0.6) is 11.5 Å². The van der Waals surface area contributed by atoms with E-state index >= 15 is 0 Å². The first-order valence-electron chi connectivity index (χ1n) is 10.0. The number of likely N-dealkylation sites (tertiary alicyclic amines) is 1. The summed E-state index contributed by atoms with van der Waals surface area (Å²) in [5, 5.41) is 14.8. The van der Waals surface area contributed by atoms with Gasteiger partial charge in [-0.2, -0.15) is 5.26 Å². The second-order valence-electron chi connectivity index (χ2n) is 7.42. The monoisotopic (exact) mass is 390 g/mol. The van der Waals surface area contributed by atoms with E-state index in [4.69, 9.17) is 19.7 Å². The van der Waals surface area contributed by atoms with Crippen LogP contribution in [-0.4, -0.2) is 49.8 Å². The fraction of sp³-hybridized carbons (Fsp3) is 0.391. The lowest BCUT2D eigenvalue weighted by atomic mass is 10.0. The molecule has 1 atom stereocenters. The minimum atomic E-state index is 0.324. The topological polar surface area (TPSA) is 70.4 Å². The van der Waals surface area contributed by atoms with Crippen LogP contribution < -0.4 is 14.8 Å². The van der Waals surface area contributed by atoms with Crippen molar-refractivity contribution < 1.29 is 9.47 Å². The molecule has 1 aliphatic heterocycles. The summed E-state index contributed by atoms with van der Waals surface area (Å²) >= 11 is 0. The molecule has 0 saturated carbocycles. The number of hydrogen-bond acceptors (Lipinski definition) is 6. The molecular weight excluding hydrogens is 364 g/mol. The summed E-state index contributed by atoms with van der Waals surface area (Å²) in [6, 6.07) is 14.7. The summed E-state index contributed by atoms with van der Waals surface area (Å²) < 4.78 is 11.0. The summed E-state index contributed by atoms with van der Waals surface area (Å²) in [4.78, 5) is 7.22. The summed E-state index contributed by atoms with van der Waals surface area (Å²) in [6.45, 7) is 2.83. The molecule has 6 nitrogen and oxygen atoms in total. The number of ether oxygens (including phenoxy) is 2. The van der Waals surface area contributed by atoms with Crippen LogP contribution >= 0.6 is 0 Å². The van der Waals surface area contributed by atoms with Crippen molar-refractivity contribution >= 4 is 27.5 Å². The molecule has 0 aliphatic carbocycles. The van der Waals surface area contributed by atoms with Gasteiger partial charge in [-0.05, 0) is 31.5 Å². The quantitative estimate of drug-likeness (QED) is 0.636. The summed E-state index contributed by atoms with van der Waals surface area (Å²) in [6.07, 6.45) is 2.81. The highest BCUT2D eigenvalue weighted by Crippen LogP contribution is 2.38. The summed E-state index contributed by atoms with van der Waals surface area (Å²) in [5.74, 6) is 1.37. The molecule has 3 aromatic rings. The van der Waals surface area contributed by atoms with E-state index in [1.165, 1.54) is 0 Å². The zero-order valence-electron chi connectivity index (χ0n) is 16.9. The second-order valence-corrected chi connectivity index (χ2v) is 7.42. The number of fused-ring (bicyclic) bond motifs is 2. The molecule has 2 aromatic carbocycles. The van der Waals surface area contributed by atoms with Gasteiger partial charge in [-0.3, -0.25) is 0 Å². The predicted molar refractivity (Wildman–Crippen MR) is 116 cm³/mol. The molecule has 1 saturated heterocycles. The lowest BCUT2D eigenvalue weighted by Gasteiger charge is -2.33. The average Bonchev–Trinajstić information content (AvgIpc) is 2.77. The van der Waals surface area contributed by atoms with Crippen molar-refractivity contribution in [3.63, 3.8) is 0 Å². The third kappa shape index (κ3) is 3.92. The number of nitriles is 1. The molecule has 0 unspecified atom stereocenters. The first kappa shape index (κ1) is 19.3. The maximum absolute atomic E-state index is 8.91. The second kappa shape index (κ2) is 8.54. The van der Waals surface area contributed by atoms with Gasteiger partial charge in [-0.15, -0.1) is 0 Å². The third-order valence-corrected chi connectivity index (χ3v) is 5.58. The first-order valence-corrected chi connectivity index (χ1v) is 10.0. The zero-order chi connectivity index (χ0) is 20.2. The molecule has 4 rings (SSSR count). The number of anilines is 1. The van der Waals surface area contributed by atoms with E-state index < -0.39 is 0 Å². The molecule has 1 N–H and O–H groups in total. The molecule has 1 fully saturated rings. The largest absolute Gasteiger partial charge is 0.493 e. The van der Waals surface area contributed by atoms with E-state index in [0.717, 1.165) is 60.0 Å². The number of methoxy groups -OCH3 is 2. The number of nitrogens with one attached hydrogen (secondary N) is 1. The summed E-state index contributed by atoms with van der Waals surface area (Å²) in [7, 11) is 3.29. The van der Waals surface area contributed by atoms with Gasteiger partial charge in [-0.25, -0.2) is 4.98 Å². The van der Waals surface area contributed by atoms with Crippen molar-refractivity contribution in [3.05, 3.63) is 36.4 Å². The average molecular weight is 390 g/mol. The molecule has 6 heteroatoms. The van der Waals surface area contributed by atoms with Crippen LogP contribution in [-0.2, 0) is 0 Å². The van der Waals surface area contributed by atoms with E-state index in [2.05, 4.69) is 22.4 Å². The molecule has 1 aliphatic rings. The van der Waals surface area contributed by atoms with Gasteiger partial charge >= 0.3 is 0 Å². The number of aromatic nitrogens is 1. The number of piperidine rings is 1. The number of nitrogens with zero attached hydrogens (tertiary/aromatic N) is 3. The molecule has 0 radical (unpaired) electrons. The van der Waals surface area contributed by atoms with Crippen LogP contribution in [0.1, 0.15) is 19.3 Å². The van der Waals surface area contributed by atoms with E-state index in [-0.39, 0.29) is 0 Å². The van der Waals surface area contributed by atoms with E-state index in [1.54, 1.807) is 14.2 Å². The van der Waals surface area contributed by atoms with E-state index in [1.807, 2.05) is 30.3 Å². The Balaban J connectivity index is 1.77. The van der Waals surface area contributed by atoms with Crippen molar-refractivity contribution in [2.24, 2.45) is 0 Å². The fourth-order valence-electron chi connectivity index (χ4n) is 4.16. The van der Waals surface area contributed by atoms with Crippen molar-refractivity contribution in [1.82, 2.24) is 9.88 Å². The lowest BCUT2D eigenvalue weighted by molar-refractivity contribution is 0.221. The number of rotatable bonds is 6. The Bertz CT molecular complexity index is 1060. The van der Waals surface area contributed by atoms with Gasteiger partial charge in [-0.1, -0.05) is 18.2 Å². The van der Waals surface area contributed by atoms with Crippen LogP contribution in [0.2, 0.25) is 0 Å². The molecule has 2 heterocycles. The standard InChI is InChI=1S/C23H26N4O2/c1-28-21-13-18-20(14-22(21)29-2)26-19-9-4-3-8-17(19)23(18)25-16-7-5-11-27(15-16)12-6-10-24/h3-4,8-9,13-14,16H,5-7,11-12,15H2,1-2H3,(H,25,26)/t16-/m1/s1. The van der Waals surface area contributed by atoms with Gasteiger partial charge in [0.1, 0.15) is 0 Å². The first-order chi connectivity index (χ1) is 14.2. The van der Waals surface area contributed by atoms with Gasteiger partial charge < -0.3 is 19.7 Å². The molecular formula is C23H26N4O2. The van der Waals surface area contributed by atoms with Crippen LogP contribution in [0.3, 0.4) is 0 Å². The maximum atomic E-state index is 8.91. The minimum Gasteiger partial charge on any atom is -0.493 e. The molecule has 1 aromatic heterocycles. The van der Waals surface area contributed by atoms with Crippen LogP contribution in [0.4, 0.5) is 5.69 Å². The highest BCUT2D eigenvalue weighted by atomic mass is 16.5. The fourth-order valence-corrected chi connectivity index (χ4v) is 4.16. The molecule has 0 amide bonds. The molecule has 0 spiro atoms. The highest BCUT2D eigenvalue weighted by molar-refractivity contribution is 6.08. The Labute approximate surface area is 171 Å². The number of pyridine rings is 1. The van der Waals surface area contributed by atoms with Crippen LogP contribution in [0.25, 0.3) is 21.8 Å². The SMILES string of the molecule is COc1cc2nc3ccccc3c(N[C@@H]3CCCN(CCC#N)C3)c2cc1OC. The van der Waals surface area contributed by atoms with Crippen molar-refractivity contribution in [2.45, 2.75) is 25.3 Å². The van der Waals surface area contributed by atoms with Gasteiger partial charge in [0.05, 0.1) is 37.0 Å². The number of para-hydroxylation sites is 1. The van der Waals surface area contributed by atoms with Gasteiger partial charge in [0.15, 0.2) is 11.5 Å². The van der Waals surface area contributed by atoms with Crippen LogP contribution in [0, 0.1) is 11.3 Å². The predicted octanol–water partition coefficient (Wildman–Crippen LogP) is 4.20. The van der Waals surface area contributed by atoms with Crippen molar-refractivity contribution in [3.8, 4) is 17.6 Å². The van der Waals surface area contributed by atoms with E-state index in [0.29, 0.717) is 24.0 Å². The third-order valence-electron chi connectivity index (χ3n) is 5.58. The Kier molecular flexibility index (Phi) is 5.68. The van der Waals surface area contributed by atoms with E-state index in [9.17, 15) is 0 Å². The lowest BCUT2D eigenvalue weighted by Crippen LogP contribution is -2.42. The number of hydrogen-bond donors (Lipinski definition) is 1. The Hall–Kier alpha value is -3.04. The van der Waals surface area contributed by atoms with Gasteiger partial charge in [0.2, 0.25) is 0 Å². The van der Waals surface area contributed by atoms with Crippen molar-refractivity contribution in [2.75, 3.05) is 39.2 Å². The zero-order valence-corrected chi connectivity index (χ0v) is 16.9. The minimum absolute atomic E-state index is 0.324. The van der Waals surface area contributed by atoms with Gasteiger partial charge in [0, 0.05) is 42.4 Å². The van der Waals surface area contributed by atoms with Crippen molar-refractivity contribution in [1.29, 1.82) is 5.26 Å². The molecule has 29 heavy (non-hydrogen) atoms. The number of benzene rings is 2.